The molecule has 1 unspecified atom stereocenters. The monoisotopic (exact) mass is 103 g/mol. The zero-order chi connectivity index (χ0) is 5.91. The van der Waals surface area contributed by atoms with Crippen LogP contribution >= 0.6 is 0 Å². The summed E-state index contributed by atoms with van der Waals surface area (Å²) in [7, 11) is 0. The summed E-state index contributed by atoms with van der Waals surface area (Å²) in [6.07, 6.45) is 2.88. The molecule has 42 valence electrons. The van der Waals surface area contributed by atoms with Crippen molar-refractivity contribution in [3.63, 3.8) is 0 Å². The van der Waals surface area contributed by atoms with Crippen LogP contribution in [0, 0.1) is 0 Å². The summed E-state index contributed by atoms with van der Waals surface area (Å²) in [5.41, 5.74) is 4.89. The van der Waals surface area contributed by atoms with Gasteiger partial charge in [-0.25, -0.2) is 4.39 Å². The van der Waals surface area contributed by atoms with E-state index in [1.165, 1.54) is 13.0 Å². The molecule has 0 aliphatic heterocycles. The van der Waals surface area contributed by atoms with Crippen LogP contribution in [0.4, 0.5) is 4.39 Å². The number of halogens is 1. The Hall–Kier alpha value is -0.370. The Morgan fingerprint density at radius 3 is 2.14 bits per heavy atom. The quantitative estimate of drug-likeness (QED) is 0.391. The van der Waals surface area contributed by atoms with E-state index in [9.17, 15) is 4.39 Å². The molecule has 0 spiro atoms. The molecule has 1 nitrogen and oxygen atoms in total. The van der Waals surface area contributed by atoms with Crippen molar-refractivity contribution in [3.05, 3.63) is 12.2 Å². The van der Waals surface area contributed by atoms with E-state index in [4.69, 9.17) is 5.73 Å². The van der Waals surface area contributed by atoms with Gasteiger partial charge in [-0.2, -0.15) is 0 Å². The van der Waals surface area contributed by atoms with E-state index in [1.54, 1.807) is 13.0 Å². The van der Waals surface area contributed by atoms with Crippen molar-refractivity contribution < 1.29 is 4.39 Å². The molecule has 1 atom stereocenters. The van der Waals surface area contributed by atoms with Gasteiger partial charge in [-0.05, 0) is 19.9 Å². The first-order valence-corrected chi connectivity index (χ1v) is 2.18. The molecule has 0 aromatic heterocycles. The van der Waals surface area contributed by atoms with Gasteiger partial charge in [-0.15, -0.1) is 0 Å². The molecule has 0 aliphatic carbocycles. The van der Waals surface area contributed by atoms with Crippen molar-refractivity contribution in [1.82, 2.24) is 0 Å². The molecule has 0 aromatic carbocycles. The van der Waals surface area contributed by atoms with Gasteiger partial charge in [0.1, 0.15) is 0 Å². The topological polar surface area (TPSA) is 26.0 Å². The fraction of sp³-hybridized carbons (Fsp3) is 0.600. The highest BCUT2D eigenvalue weighted by atomic mass is 19.1. The Kier molecular flexibility index (Phi) is 1.96. The Bertz CT molecular complexity index is 70.6. The van der Waals surface area contributed by atoms with Crippen LogP contribution in [0.1, 0.15) is 13.8 Å². The number of hydrogen-bond acceptors (Lipinski definition) is 1. The van der Waals surface area contributed by atoms with E-state index in [0.29, 0.717) is 0 Å². The molecule has 0 saturated carbocycles. The van der Waals surface area contributed by atoms with Crippen LogP contribution in [0.15, 0.2) is 12.2 Å². The van der Waals surface area contributed by atoms with Crippen molar-refractivity contribution in [2.45, 2.75) is 19.6 Å². The molecule has 0 heterocycles. The Morgan fingerprint density at radius 2 is 2.14 bits per heavy atom. The third kappa shape index (κ3) is 5.63. The lowest BCUT2D eigenvalue weighted by atomic mass is 10.3. The standard InChI is InChI=1S/C5H10FN/c1-3-4-5(2,6)7/h3-4H,7H2,1-2H3/b4-3-. The summed E-state index contributed by atoms with van der Waals surface area (Å²) >= 11 is 0. The Balaban J connectivity index is 3.56. The van der Waals surface area contributed by atoms with E-state index in [-0.39, 0.29) is 0 Å². The highest BCUT2D eigenvalue weighted by molar-refractivity contribution is 4.91. The maximum atomic E-state index is 12.1. The van der Waals surface area contributed by atoms with Crippen LogP contribution in [-0.4, -0.2) is 5.79 Å². The molecular weight excluding hydrogens is 93.1 g/mol. The predicted octanol–water partition coefficient (Wildman–Crippen LogP) is 1.21. The van der Waals surface area contributed by atoms with Crippen LogP contribution in [0.25, 0.3) is 0 Å². The predicted molar refractivity (Wildman–Crippen MR) is 28.5 cm³/mol. The van der Waals surface area contributed by atoms with E-state index in [2.05, 4.69) is 0 Å². The first-order chi connectivity index (χ1) is 3.06. The van der Waals surface area contributed by atoms with Gasteiger partial charge in [0.25, 0.3) is 0 Å². The first kappa shape index (κ1) is 6.63. The Labute approximate surface area is 43.0 Å². The van der Waals surface area contributed by atoms with Crippen molar-refractivity contribution >= 4 is 0 Å². The van der Waals surface area contributed by atoms with Gasteiger partial charge < -0.3 is 0 Å². The average Bonchev–Trinajstić information content (AvgIpc) is 1.30. The van der Waals surface area contributed by atoms with Crippen LogP contribution < -0.4 is 5.73 Å². The minimum Gasteiger partial charge on any atom is -0.296 e. The largest absolute Gasteiger partial charge is 0.296 e. The number of hydrogen-bond donors (Lipinski definition) is 1. The lowest BCUT2D eigenvalue weighted by Crippen LogP contribution is -2.26. The van der Waals surface area contributed by atoms with Crippen molar-refractivity contribution in [2.24, 2.45) is 5.73 Å². The second-order valence-corrected chi connectivity index (χ2v) is 1.65. The third-order valence-corrected chi connectivity index (χ3v) is 0.493. The van der Waals surface area contributed by atoms with Crippen molar-refractivity contribution in [2.75, 3.05) is 0 Å². The highest BCUT2D eigenvalue weighted by Gasteiger charge is 2.07. The smallest absolute Gasteiger partial charge is 0.175 e. The normalized spacial score (nSPS) is 20.0. The summed E-state index contributed by atoms with van der Waals surface area (Å²) in [4.78, 5) is 0. The van der Waals surface area contributed by atoms with Gasteiger partial charge in [0.2, 0.25) is 0 Å². The fourth-order valence-corrected chi connectivity index (χ4v) is 0.326. The number of alkyl halides is 1. The molecule has 0 rings (SSSR count). The zero-order valence-electron chi connectivity index (χ0n) is 4.61. The van der Waals surface area contributed by atoms with Crippen molar-refractivity contribution in [3.8, 4) is 0 Å². The van der Waals surface area contributed by atoms with Crippen LogP contribution in [0.2, 0.25) is 0 Å². The average molecular weight is 103 g/mol. The summed E-state index contributed by atoms with van der Waals surface area (Å²) in [6.45, 7) is 3.03. The van der Waals surface area contributed by atoms with Gasteiger partial charge in [0.15, 0.2) is 5.79 Å². The third-order valence-electron chi connectivity index (χ3n) is 0.493. The molecule has 2 N–H and O–H groups in total. The SMILES string of the molecule is C/C=C\C(C)(N)F. The van der Waals surface area contributed by atoms with E-state index in [1.807, 2.05) is 0 Å². The number of allylic oxidation sites excluding steroid dienone is 1. The van der Waals surface area contributed by atoms with Gasteiger partial charge in [-0.3, -0.25) is 5.73 Å². The highest BCUT2D eigenvalue weighted by Crippen LogP contribution is 2.00. The fourth-order valence-electron chi connectivity index (χ4n) is 0.326. The lowest BCUT2D eigenvalue weighted by Gasteiger charge is -2.04. The van der Waals surface area contributed by atoms with Crippen molar-refractivity contribution in [1.29, 1.82) is 0 Å². The minimum atomic E-state index is -1.63. The minimum absolute atomic E-state index is 1.30. The maximum Gasteiger partial charge on any atom is 0.175 e. The molecule has 0 aromatic rings. The lowest BCUT2D eigenvalue weighted by molar-refractivity contribution is 0.268. The second-order valence-electron chi connectivity index (χ2n) is 1.65. The molecule has 0 aliphatic rings. The van der Waals surface area contributed by atoms with E-state index >= 15 is 0 Å². The summed E-state index contributed by atoms with van der Waals surface area (Å²) in [5.74, 6) is -1.63. The molecule has 0 amide bonds. The van der Waals surface area contributed by atoms with Gasteiger partial charge in [0, 0.05) is 0 Å². The molecule has 0 bridgehead atoms. The van der Waals surface area contributed by atoms with Crippen LogP contribution in [0.3, 0.4) is 0 Å². The first-order valence-electron chi connectivity index (χ1n) is 2.18. The van der Waals surface area contributed by atoms with Crippen LogP contribution in [0.5, 0.6) is 0 Å². The number of rotatable bonds is 1. The van der Waals surface area contributed by atoms with E-state index in [0.717, 1.165) is 0 Å². The maximum absolute atomic E-state index is 12.1. The van der Waals surface area contributed by atoms with Gasteiger partial charge >= 0.3 is 0 Å². The molecule has 0 fully saturated rings. The van der Waals surface area contributed by atoms with E-state index < -0.39 is 5.79 Å². The molecule has 7 heavy (non-hydrogen) atoms. The molecular formula is C5H10FN. The molecule has 0 radical (unpaired) electrons. The summed E-state index contributed by atoms with van der Waals surface area (Å²) in [5, 5.41) is 0. The van der Waals surface area contributed by atoms with Gasteiger partial charge in [-0.1, -0.05) is 6.08 Å². The summed E-state index contributed by atoms with van der Waals surface area (Å²) < 4.78 is 12.1. The zero-order valence-corrected chi connectivity index (χ0v) is 4.61. The Morgan fingerprint density at radius 1 is 1.71 bits per heavy atom. The van der Waals surface area contributed by atoms with Gasteiger partial charge in [0.05, 0.1) is 0 Å². The molecule has 2 heteroatoms. The number of nitrogens with two attached hydrogens (primary N) is 1. The van der Waals surface area contributed by atoms with Crippen LogP contribution in [-0.2, 0) is 0 Å². The summed E-state index contributed by atoms with van der Waals surface area (Å²) in [6, 6.07) is 0. The second kappa shape index (κ2) is 2.07. The molecule has 0 saturated heterocycles.